The van der Waals surface area contributed by atoms with E-state index in [-0.39, 0.29) is 80.0 Å². The van der Waals surface area contributed by atoms with Gasteiger partial charge in [-0.2, -0.15) is 0 Å². The Morgan fingerprint density at radius 1 is 0.152 bits per heavy atom. The molecule has 0 heterocycles. The maximum absolute atomic E-state index is 8.42. The van der Waals surface area contributed by atoms with Gasteiger partial charge in [0.15, 0.2) is 0 Å². The molecule has 0 bridgehead atoms. The average Bonchev–Trinajstić information content (AvgIpc) is 1.94. The number of hydrogen-bond acceptors (Lipinski definition) is 15. The fraction of sp³-hybridized carbons (Fsp3) is 0. The molecule has 0 fully saturated rings. The van der Waals surface area contributed by atoms with E-state index < -0.39 is 36.6 Å². The molecule has 0 aliphatic rings. The summed E-state index contributed by atoms with van der Waals surface area (Å²) in [6.45, 7) is 0. The highest BCUT2D eigenvalue weighted by atomic mass is 16.5. The Balaban J connectivity index is -0.00000000485. The number of hydrogen-bond donors (Lipinski definition) is 13. The SMILES string of the molecule is [NH4+].[NH4+].[NH4+].[NH4+].[NH4+].[NH4+].[NH4+].[NH4+].[NH4+].[NH4+].[NH4+].[NH4+].[NH4+].[O-]B([O-])[O-].[O-]B([O-])[O-].[O-]B([O-])[O-].[O-]B([O-])[O-].[O-]B([O-])[O-]. The van der Waals surface area contributed by atoms with E-state index in [1.54, 1.807) is 0 Å². The third-order valence-electron chi connectivity index (χ3n) is 0. The van der Waals surface area contributed by atoms with Crippen LogP contribution < -0.4 is 155 Å². The molecule has 33 heavy (non-hydrogen) atoms. The topological polar surface area (TPSA) is 820 Å². The molecule has 0 amide bonds. The van der Waals surface area contributed by atoms with Crippen LogP contribution in [0.25, 0.3) is 0 Å². The molecule has 52 N–H and O–H groups in total. The average molecular weight is 529 g/mol. The molecule has 33 heteroatoms. The minimum absolute atomic E-state index is 0. The third-order valence-corrected chi connectivity index (χ3v) is 0. The van der Waals surface area contributed by atoms with E-state index in [0.29, 0.717) is 0 Å². The lowest BCUT2D eigenvalue weighted by Gasteiger charge is -2.35. The first-order chi connectivity index (χ1) is 8.66. The fourth-order valence-corrected chi connectivity index (χ4v) is 0. The molecule has 224 valence electrons. The first kappa shape index (κ1) is 155. The van der Waals surface area contributed by atoms with Crippen molar-refractivity contribution in [3.05, 3.63) is 0 Å². The summed E-state index contributed by atoms with van der Waals surface area (Å²) in [6.07, 6.45) is 0. The molecule has 0 aromatic carbocycles. The summed E-state index contributed by atoms with van der Waals surface area (Å²) in [5.41, 5.74) is 0. The summed E-state index contributed by atoms with van der Waals surface area (Å²) in [6, 6.07) is 0. The van der Waals surface area contributed by atoms with Gasteiger partial charge in [0.05, 0.1) is 0 Å². The predicted octanol–water partition coefficient (Wildman–Crippen LogP) is -14.8. The van der Waals surface area contributed by atoms with Gasteiger partial charge in [-0.3, -0.25) is 36.6 Å². The van der Waals surface area contributed by atoms with Crippen LogP contribution in [0.4, 0.5) is 0 Å². The van der Waals surface area contributed by atoms with E-state index in [2.05, 4.69) is 0 Å². The van der Waals surface area contributed by atoms with Crippen LogP contribution in [0.1, 0.15) is 0 Å². The summed E-state index contributed by atoms with van der Waals surface area (Å²) in [7, 11) is -14.6. The van der Waals surface area contributed by atoms with Crippen LogP contribution in [0.5, 0.6) is 0 Å². The first-order valence-corrected chi connectivity index (χ1v) is 3.54. The molecule has 0 aromatic rings. The Hall–Kier alpha value is -0.795. The van der Waals surface area contributed by atoms with Gasteiger partial charge in [0.1, 0.15) is 0 Å². The molecule has 0 radical (unpaired) electrons. The van der Waals surface area contributed by atoms with Crippen LogP contribution in [0.15, 0.2) is 0 Å². The molecule has 0 spiro atoms. The van der Waals surface area contributed by atoms with Crippen LogP contribution >= 0.6 is 0 Å². The molecule has 0 aromatic heterocycles. The van der Waals surface area contributed by atoms with Crippen molar-refractivity contribution < 1.29 is 75.4 Å². The summed E-state index contributed by atoms with van der Waals surface area (Å²) in [5.74, 6) is 0. The second-order valence-electron chi connectivity index (χ2n) is 1.44. The predicted molar refractivity (Wildman–Crippen MR) is 107 cm³/mol. The molecule has 0 unspecified atom stereocenters. The minimum atomic E-state index is -2.92. The Bertz CT molecular complexity index is 107. The van der Waals surface area contributed by atoms with Gasteiger partial charge in [0, 0.05) is 0 Å². The van der Waals surface area contributed by atoms with Crippen LogP contribution in [0.2, 0.25) is 0 Å². The van der Waals surface area contributed by atoms with Crippen molar-refractivity contribution in [2.75, 3.05) is 0 Å². The van der Waals surface area contributed by atoms with Gasteiger partial charge in [-0.05, 0) is 0 Å². The zero-order valence-corrected chi connectivity index (χ0v) is 22.0. The standard InChI is InChI=1S/5BO3.13H3N/c5*2-1(3)4;;;;;;;;;;;;;/h;;;;;13*1H3/q5*-3;;;;;;;;;;;;;/p+13. The second-order valence-corrected chi connectivity index (χ2v) is 1.44. The Labute approximate surface area is 193 Å². The van der Waals surface area contributed by atoms with Crippen molar-refractivity contribution in [2.45, 2.75) is 0 Å². The highest BCUT2D eigenvalue weighted by Crippen LogP contribution is 1.01. The van der Waals surface area contributed by atoms with Crippen molar-refractivity contribution in [2.24, 2.45) is 0 Å². The zero-order chi connectivity index (χ0) is 17.9. The minimum Gasteiger partial charge on any atom is -0.907 e. The molecule has 0 saturated heterocycles. The van der Waals surface area contributed by atoms with E-state index in [4.69, 9.17) is 75.4 Å². The van der Waals surface area contributed by atoms with Crippen molar-refractivity contribution in [1.82, 2.24) is 80.0 Å². The second kappa shape index (κ2) is 141. The molecule has 0 aliphatic carbocycles. The quantitative estimate of drug-likeness (QED) is 0.130. The smallest absolute Gasteiger partial charge is 0.278 e. The lowest BCUT2D eigenvalue weighted by Crippen LogP contribution is -2.56. The zero-order valence-electron chi connectivity index (χ0n) is 22.0. The first-order valence-electron chi connectivity index (χ1n) is 3.54. The van der Waals surface area contributed by atoms with Crippen molar-refractivity contribution >= 4 is 36.6 Å². The fourth-order valence-electron chi connectivity index (χ4n) is 0. The summed E-state index contributed by atoms with van der Waals surface area (Å²) in [5, 5.41) is 126. The van der Waals surface area contributed by atoms with E-state index in [9.17, 15) is 0 Å². The van der Waals surface area contributed by atoms with Crippen molar-refractivity contribution in [3.8, 4) is 0 Å². The normalized spacial score (nSPS) is 4.09. The maximum Gasteiger partial charge on any atom is -0.278 e. The van der Waals surface area contributed by atoms with Crippen LogP contribution in [-0.4, -0.2) is 36.6 Å². The summed E-state index contributed by atoms with van der Waals surface area (Å²) < 4.78 is 0. The van der Waals surface area contributed by atoms with E-state index in [1.807, 2.05) is 0 Å². The van der Waals surface area contributed by atoms with Gasteiger partial charge in [-0.15, -0.1) is 0 Å². The monoisotopic (exact) mass is 529 g/mol. The summed E-state index contributed by atoms with van der Waals surface area (Å²) >= 11 is 0. The Morgan fingerprint density at radius 3 is 0.152 bits per heavy atom. The van der Waals surface area contributed by atoms with Gasteiger partial charge >= 0.3 is 0 Å². The van der Waals surface area contributed by atoms with Crippen LogP contribution in [-0.2, 0) is 0 Å². The number of rotatable bonds is 0. The molecule has 0 saturated carbocycles. The van der Waals surface area contributed by atoms with Crippen LogP contribution in [0, 0.1) is 0 Å². The lowest BCUT2D eigenvalue weighted by atomic mass is 10.3. The largest absolute Gasteiger partial charge is 0.907 e. The molecular weight excluding hydrogens is 476 g/mol. The molecular formula is H52B5N13O15-2. The highest BCUT2D eigenvalue weighted by Gasteiger charge is 1.18. The molecule has 0 rings (SSSR count). The molecule has 28 nitrogen and oxygen atoms in total. The maximum atomic E-state index is 8.42. The Morgan fingerprint density at radius 2 is 0.152 bits per heavy atom. The number of quaternary nitrogens is 13. The van der Waals surface area contributed by atoms with Crippen molar-refractivity contribution in [1.29, 1.82) is 0 Å². The van der Waals surface area contributed by atoms with Crippen molar-refractivity contribution in [3.63, 3.8) is 0 Å². The molecule has 0 atom stereocenters. The van der Waals surface area contributed by atoms with Crippen LogP contribution in [0.3, 0.4) is 0 Å². The molecule has 0 aliphatic heterocycles. The van der Waals surface area contributed by atoms with E-state index in [0.717, 1.165) is 0 Å². The van der Waals surface area contributed by atoms with Gasteiger partial charge < -0.3 is 155 Å². The van der Waals surface area contributed by atoms with Gasteiger partial charge in [0.25, 0.3) is 0 Å². The highest BCUT2D eigenvalue weighted by molar-refractivity contribution is 6.24. The van der Waals surface area contributed by atoms with Gasteiger partial charge in [0.2, 0.25) is 0 Å². The summed E-state index contributed by atoms with van der Waals surface area (Å²) in [4.78, 5) is 0. The van der Waals surface area contributed by atoms with E-state index >= 15 is 0 Å². The third kappa shape index (κ3) is 42100. The Kier molecular flexibility index (Phi) is 664. The lowest BCUT2D eigenvalue weighted by molar-refractivity contribution is -0.481. The van der Waals surface area contributed by atoms with Gasteiger partial charge in [-0.25, -0.2) is 0 Å². The van der Waals surface area contributed by atoms with E-state index in [1.165, 1.54) is 0 Å². The van der Waals surface area contributed by atoms with Gasteiger partial charge in [-0.1, -0.05) is 0 Å².